The third-order valence-electron chi connectivity index (χ3n) is 1.78. The van der Waals surface area contributed by atoms with Crippen LogP contribution in [0, 0.1) is 0 Å². The van der Waals surface area contributed by atoms with E-state index in [9.17, 15) is 9.59 Å². The van der Waals surface area contributed by atoms with Gasteiger partial charge in [0.1, 0.15) is 6.04 Å². The van der Waals surface area contributed by atoms with E-state index in [4.69, 9.17) is 17.3 Å². The molecular weight excluding hydrogens is 252 g/mol. The lowest BCUT2D eigenvalue weighted by atomic mass is 10.3. The first-order valence-electron chi connectivity index (χ1n) is 4.41. The van der Waals surface area contributed by atoms with Crippen molar-refractivity contribution in [3.63, 3.8) is 0 Å². The number of carbonyl (C=O) groups is 2. The second-order valence-corrected chi connectivity index (χ2v) is 4.66. The van der Waals surface area contributed by atoms with E-state index in [1.807, 2.05) is 0 Å². The zero-order valence-electron chi connectivity index (χ0n) is 8.53. The first-order chi connectivity index (χ1) is 7.54. The highest BCUT2D eigenvalue weighted by Gasteiger charge is 2.15. The fourth-order valence-corrected chi connectivity index (χ4v) is 1.92. The number of hydrogen-bond donors (Lipinski definition) is 2. The Labute approximate surface area is 102 Å². The maximum Gasteiger partial charge on any atom is 0.324 e. The first kappa shape index (κ1) is 13.0. The Balaban J connectivity index is 2.44. The summed E-state index contributed by atoms with van der Waals surface area (Å²) in [6, 6.07) is 2.37. The second-order valence-electron chi connectivity index (χ2n) is 2.94. The number of esters is 1. The van der Waals surface area contributed by atoms with Gasteiger partial charge in [-0.3, -0.25) is 9.59 Å². The van der Waals surface area contributed by atoms with Crippen molar-refractivity contribution in [2.45, 2.75) is 6.04 Å². The van der Waals surface area contributed by atoms with E-state index in [1.54, 1.807) is 12.1 Å². The summed E-state index contributed by atoms with van der Waals surface area (Å²) in [6.07, 6.45) is 0. The zero-order chi connectivity index (χ0) is 12.1. The molecule has 1 atom stereocenters. The van der Waals surface area contributed by atoms with Gasteiger partial charge in [0.15, 0.2) is 0 Å². The molecule has 0 bridgehead atoms. The molecule has 0 aliphatic carbocycles. The smallest absolute Gasteiger partial charge is 0.324 e. The van der Waals surface area contributed by atoms with Crippen molar-refractivity contribution >= 4 is 34.8 Å². The SMILES string of the molecule is COC(=O)C(N)CNC(=O)c1ccc(Cl)s1. The molecule has 0 radical (unpaired) electrons. The highest BCUT2D eigenvalue weighted by molar-refractivity contribution is 7.17. The van der Waals surface area contributed by atoms with E-state index in [0.717, 1.165) is 11.3 Å². The molecule has 1 aromatic rings. The Kier molecular flexibility index (Phi) is 4.72. The summed E-state index contributed by atoms with van der Waals surface area (Å²) in [5.41, 5.74) is 5.45. The first-order valence-corrected chi connectivity index (χ1v) is 5.61. The number of rotatable bonds is 4. The molecule has 0 saturated carbocycles. The van der Waals surface area contributed by atoms with Crippen LogP contribution in [-0.4, -0.2) is 31.6 Å². The molecule has 1 heterocycles. The van der Waals surface area contributed by atoms with Gasteiger partial charge in [-0.15, -0.1) is 11.3 Å². The molecule has 1 unspecified atom stereocenters. The van der Waals surface area contributed by atoms with Gasteiger partial charge in [0.2, 0.25) is 0 Å². The molecule has 0 saturated heterocycles. The number of nitrogens with two attached hydrogens (primary N) is 1. The van der Waals surface area contributed by atoms with Gasteiger partial charge in [-0.05, 0) is 12.1 Å². The molecule has 0 aliphatic rings. The third kappa shape index (κ3) is 3.48. The van der Waals surface area contributed by atoms with E-state index in [1.165, 1.54) is 7.11 Å². The third-order valence-corrected chi connectivity index (χ3v) is 3.01. The Morgan fingerprint density at radius 1 is 1.62 bits per heavy atom. The summed E-state index contributed by atoms with van der Waals surface area (Å²) in [5.74, 6) is -0.874. The molecule has 1 rings (SSSR count). The number of methoxy groups -OCH3 is 1. The lowest BCUT2D eigenvalue weighted by Gasteiger charge is -2.09. The van der Waals surface area contributed by atoms with Gasteiger partial charge in [0.05, 0.1) is 16.3 Å². The molecule has 1 amide bonds. The average Bonchev–Trinajstić information content (AvgIpc) is 2.71. The van der Waals surface area contributed by atoms with Crippen molar-refractivity contribution in [3.8, 4) is 0 Å². The quantitative estimate of drug-likeness (QED) is 0.780. The minimum atomic E-state index is -0.857. The van der Waals surface area contributed by atoms with Gasteiger partial charge < -0.3 is 15.8 Å². The van der Waals surface area contributed by atoms with E-state index in [0.29, 0.717) is 9.21 Å². The predicted octanol–water partition coefficient (Wildman–Crippen LogP) is 0.632. The largest absolute Gasteiger partial charge is 0.468 e. The van der Waals surface area contributed by atoms with E-state index >= 15 is 0 Å². The molecular formula is C9H11ClN2O3S. The molecule has 3 N–H and O–H groups in total. The topological polar surface area (TPSA) is 81.4 Å². The van der Waals surface area contributed by atoms with Crippen LogP contribution in [0.2, 0.25) is 4.34 Å². The number of thiophene rings is 1. The fourth-order valence-electron chi connectivity index (χ4n) is 0.961. The van der Waals surface area contributed by atoms with Crippen LogP contribution in [0.25, 0.3) is 0 Å². The minimum absolute atomic E-state index is 0.0288. The minimum Gasteiger partial charge on any atom is -0.468 e. The predicted molar refractivity (Wildman–Crippen MR) is 61.7 cm³/mol. The van der Waals surface area contributed by atoms with Gasteiger partial charge in [0.25, 0.3) is 5.91 Å². The highest BCUT2D eigenvalue weighted by atomic mass is 35.5. The zero-order valence-corrected chi connectivity index (χ0v) is 10.1. The Bertz CT molecular complexity index is 394. The van der Waals surface area contributed by atoms with Crippen LogP contribution in [0.1, 0.15) is 9.67 Å². The Hall–Kier alpha value is -1.11. The summed E-state index contributed by atoms with van der Waals surface area (Å²) in [5, 5.41) is 2.51. The van der Waals surface area contributed by atoms with Gasteiger partial charge in [-0.2, -0.15) is 0 Å². The fraction of sp³-hybridized carbons (Fsp3) is 0.333. The van der Waals surface area contributed by atoms with Crippen LogP contribution in [0.15, 0.2) is 12.1 Å². The monoisotopic (exact) mass is 262 g/mol. The molecule has 0 spiro atoms. The average molecular weight is 263 g/mol. The lowest BCUT2D eigenvalue weighted by molar-refractivity contribution is -0.141. The standard InChI is InChI=1S/C9H11ClN2O3S/c1-15-9(14)5(11)4-12-8(13)6-2-3-7(10)16-6/h2-3,5H,4,11H2,1H3,(H,12,13). The van der Waals surface area contributed by atoms with Gasteiger partial charge in [-0.25, -0.2) is 0 Å². The number of halogens is 1. The van der Waals surface area contributed by atoms with Gasteiger partial charge >= 0.3 is 5.97 Å². The summed E-state index contributed by atoms with van der Waals surface area (Å²) >= 11 is 6.84. The summed E-state index contributed by atoms with van der Waals surface area (Å²) in [4.78, 5) is 22.9. The van der Waals surface area contributed by atoms with Crippen molar-refractivity contribution < 1.29 is 14.3 Å². The summed E-state index contributed by atoms with van der Waals surface area (Å²) < 4.78 is 4.95. The van der Waals surface area contributed by atoms with Crippen LogP contribution < -0.4 is 11.1 Å². The molecule has 0 aliphatic heterocycles. The molecule has 88 valence electrons. The highest BCUT2D eigenvalue weighted by Crippen LogP contribution is 2.20. The van der Waals surface area contributed by atoms with Crippen LogP contribution >= 0.6 is 22.9 Å². The molecule has 1 aromatic heterocycles. The lowest BCUT2D eigenvalue weighted by Crippen LogP contribution is -2.42. The number of nitrogens with one attached hydrogen (secondary N) is 1. The summed E-state index contributed by atoms with van der Waals surface area (Å²) in [6.45, 7) is 0.0288. The van der Waals surface area contributed by atoms with Crippen molar-refractivity contribution in [1.82, 2.24) is 5.32 Å². The number of amides is 1. The maximum atomic E-state index is 11.5. The molecule has 5 nitrogen and oxygen atoms in total. The van der Waals surface area contributed by atoms with Crippen molar-refractivity contribution in [2.75, 3.05) is 13.7 Å². The number of hydrogen-bond acceptors (Lipinski definition) is 5. The maximum absolute atomic E-state index is 11.5. The van der Waals surface area contributed by atoms with Crippen molar-refractivity contribution in [3.05, 3.63) is 21.3 Å². The Morgan fingerprint density at radius 3 is 2.81 bits per heavy atom. The van der Waals surface area contributed by atoms with Crippen molar-refractivity contribution in [1.29, 1.82) is 0 Å². The van der Waals surface area contributed by atoms with E-state index < -0.39 is 12.0 Å². The van der Waals surface area contributed by atoms with Gasteiger partial charge in [0, 0.05) is 6.54 Å². The molecule has 16 heavy (non-hydrogen) atoms. The van der Waals surface area contributed by atoms with Crippen molar-refractivity contribution in [2.24, 2.45) is 5.73 Å². The van der Waals surface area contributed by atoms with E-state index in [-0.39, 0.29) is 12.5 Å². The van der Waals surface area contributed by atoms with Crippen LogP contribution in [0.4, 0.5) is 0 Å². The number of ether oxygens (including phenoxy) is 1. The van der Waals surface area contributed by atoms with Crippen LogP contribution in [0.5, 0.6) is 0 Å². The molecule has 0 fully saturated rings. The van der Waals surface area contributed by atoms with E-state index in [2.05, 4.69) is 10.1 Å². The number of carbonyl (C=O) groups excluding carboxylic acids is 2. The van der Waals surface area contributed by atoms with Gasteiger partial charge in [-0.1, -0.05) is 11.6 Å². The van der Waals surface area contributed by atoms with Crippen LogP contribution in [-0.2, 0) is 9.53 Å². The Morgan fingerprint density at radius 2 is 2.31 bits per heavy atom. The summed E-state index contributed by atoms with van der Waals surface area (Å²) in [7, 11) is 1.24. The van der Waals surface area contributed by atoms with Crippen LogP contribution in [0.3, 0.4) is 0 Å². The molecule has 0 aromatic carbocycles. The normalized spacial score (nSPS) is 11.9. The molecule has 7 heteroatoms. The second kappa shape index (κ2) is 5.83.